The molecular formula is C21H26IN5O2. The number of nitrogens with one attached hydrogen (secondary N) is 1. The van der Waals surface area contributed by atoms with Crippen molar-refractivity contribution in [1.82, 2.24) is 15.1 Å². The Balaban J connectivity index is 0.00000300. The van der Waals surface area contributed by atoms with E-state index in [0.717, 1.165) is 22.5 Å². The minimum atomic E-state index is 0. The lowest BCUT2D eigenvalue weighted by atomic mass is 10.2. The number of aromatic nitrogens is 2. The minimum Gasteiger partial charge on any atom is -0.493 e. The summed E-state index contributed by atoms with van der Waals surface area (Å²) in [6.45, 7) is 2.98. The molecule has 0 spiro atoms. The molecule has 154 valence electrons. The number of hydrogen-bond donors (Lipinski definition) is 2. The predicted octanol–water partition coefficient (Wildman–Crippen LogP) is 3.42. The van der Waals surface area contributed by atoms with Crippen LogP contribution in [0.2, 0.25) is 0 Å². The van der Waals surface area contributed by atoms with Gasteiger partial charge in [0.25, 0.3) is 0 Å². The second-order valence-electron chi connectivity index (χ2n) is 6.26. The maximum absolute atomic E-state index is 6.02. The summed E-state index contributed by atoms with van der Waals surface area (Å²) in [5.41, 5.74) is 10.0. The normalized spacial score (nSPS) is 10.9. The van der Waals surface area contributed by atoms with Gasteiger partial charge in [-0.1, -0.05) is 24.3 Å². The Kier molecular flexibility index (Phi) is 8.32. The third-order valence-electron chi connectivity index (χ3n) is 4.36. The van der Waals surface area contributed by atoms with E-state index in [2.05, 4.69) is 15.4 Å². The van der Waals surface area contributed by atoms with Gasteiger partial charge in [-0.2, -0.15) is 5.10 Å². The molecular weight excluding hydrogens is 481 g/mol. The van der Waals surface area contributed by atoms with E-state index in [-0.39, 0.29) is 24.0 Å². The lowest BCUT2D eigenvalue weighted by Crippen LogP contribution is -2.31. The number of para-hydroxylation sites is 1. The largest absolute Gasteiger partial charge is 0.493 e. The van der Waals surface area contributed by atoms with Crippen LogP contribution in [-0.4, -0.2) is 30.0 Å². The molecule has 0 amide bonds. The molecule has 1 heterocycles. The fourth-order valence-corrected chi connectivity index (χ4v) is 2.78. The quantitative estimate of drug-likeness (QED) is 0.291. The molecule has 0 atom stereocenters. The smallest absolute Gasteiger partial charge is 0.189 e. The molecule has 0 aliphatic rings. The highest BCUT2D eigenvalue weighted by molar-refractivity contribution is 14.0. The zero-order valence-electron chi connectivity index (χ0n) is 16.8. The van der Waals surface area contributed by atoms with Crippen molar-refractivity contribution in [3.05, 3.63) is 71.5 Å². The zero-order valence-corrected chi connectivity index (χ0v) is 19.1. The Bertz CT molecular complexity index is 957. The van der Waals surface area contributed by atoms with Crippen molar-refractivity contribution < 1.29 is 9.47 Å². The molecule has 0 fully saturated rings. The number of aliphatic imine (C=N–C) groups is 1. The van der Waals surface area contributed by atoms with E-state index in [1.165, 1.54) is 0 Å². The van der Waals surface area contributed by atoms with E-state index in [1.807, 2.05) is 66.3 Å². The van der Waals surface area contributed by atoms with E-state index < -0.39 is 0 Å². The van der Waals surface area contributed by atoms with Gasteiger partial charge in [0.05, 0.1) is 32.1 Å². The number of benzene rings is 2. The van der Waals surface area contributed by atoms with Gasteiger partial charge in [0.15, 0.2) is 17.5 Å². The highest BCUT2D eigenvalue weighted by Crippen LogP contribution is 2.27. The molecule has 3 aromatic rings. The second-order valence-corrected chi connectivity index (χ2v) is 6.26. The van der Waals surface area contributed by atoms with Crippen molar-refractivity contribution in [3.63, 3.8) is 0 Å². The first-order valence-corrected chi connectivity index (χ1v) is 8.96. The van der Waals surface area contributed by atoms with E-state index in [0.29, 0.717) is 30.5 Å². The standard InChI is InChI=1S/C21H25N5O2.HI/c1-15-17(14-26(25-15)18-7-5-4-6-8-18)13-24-21(22)23-12-16-9-10-19(27-2)20(11-16)28-3;/h4-11,14H,12-13H2,1-3H3,(H3,22,23,24);1H. The first-order chi connectivity index (χ1) is 13.6. The van der Waals surface area contributed by atoms with Gasteiger partial charge in [-0.25, -0.2) is 9.67 Å². The van der Waals surface area contributed by atoms with Crippen LogP contribution >= 0.6 is 24.0 Å². The number of hydrogen-bond acceptors (Lipinski definition) is 4. The van der Waals surface area contributed by atoms with Crippen LogP contribution in [0.4, 0.5) is 0 Å². The Labute approximate surface area is 187 Å². The van der Waals surface area contributed by atoms with E-state index >= 15 is 0 Å². The van der Waals surface area contributed by atoms with Gasteiger partial charge in [0, 0.05) is 18.3 Å². The Hall–Kier alpha value is -2.75. The number of ether oxygens (including phenoxy) is 2. The monoisotopic (exact) mass is 507 g/mol. The SMILES string of the molecule is COc1ccc(CN=C(N)NCc2cn(-c3ccccc3)nc2C)cc1OC.I. The number of guanidine groups is 1. The Morgan fingerprint density at radius 1 is 1.10 bits per heavy atom. The lowest BCUT2D eigenvalue weighted by molar-refractivity contribution is 0.354. The number of aryl methyl sites for hydroxylation is 1. The van der Waals surface area contributed by atoms with Gasteiger partial charge in [-0.05, 0) is 36.8 Å². The first kappa shape index (κ1) is 22.5. The molecule has 0 saturated carbocycles. The van der Waals surface area contributed by atoms with Crippen LogP contribution in [0.15, 0.2) is 59.7 Å². The molecule has 2 aromatic carbocycles. The Morgan fingerprint density at radius 3 is 2.52 bits per heavy atom. The zero-order chi connectivity index (χ0) is 19.9. The van der Waals surface area contributed by atoms with Crippen LogP contribution in [0.1, 0.15) is 16.8 Å². The molecule has 0 bridgehead atoms. The van der Waals surface area contributed by atoms with Crippen molar-refractivity contribution in [1.29, 1.82) is 0 Å². The summed E-state index contributed by atoms with van der Waals surface area (Å²) >= 11 is 0. The number of methoxy groups -OCH3 is 2. The molecule has 3 rings (SSSR count). The average molecular weight is 507 g/mol. The maximum atomic E-state index is 6.02. The highest BCUT2D eigenvalue weighted by atomic mass is 127. The summed E-state index contributed by atoms with van der Waals surface area (Å²) < 4.78 is 12.4. The molecule has 0 radical (unpaired) electrons. The Morgan fingerprint density at radius 2 is 1.83 bits per heavy atom. The molecule has 3 N–H and O–H groups in total. The summed E-state index contributed by atoms with van der Waals surface area (Å²) in [5, 5.41) is 7.70. The molecule has 0 aliphatic heterocycles. The molecule has 29 heavy (non-hydrogen) atoms. The van der Waals surface area contributed by atoms with Gasteiger partial charge in [-0.3, -0.25) is 0 Å². The van der Waals surface area contributed by atoms with Crippen LogP contribution in [-0.2, 0) is 13.1 Å². The van der Waals surface area contributed by atoms with Crippen LogP contribution in [0, 0.1) is 6.92 Å². The highest BCUT2D eigenvalue weighted by Gasteiger charge is 2.07. The third-order valence-corrected chi connectivity index (χ3v) is 4.36. The summed E-state index contributed by atoms with van der Waals surface area (Å²) in [5.74, 6) is 1.74. The molecule has 0 aliphatic carbocycles. The van der Waals surface area contributed by atoms with Crippen LogP contribution in [0.25, 0.3) is 5.69 Å². The van der Waals surface area contributed by atoms with Crippen molar-refractivity contribution in [2.45, 2.75) is 20.0 Å². The summed E-state index contributed by atoms with van der Waals surface area (Å²) in [4.78, 5) is 4.39. The summed E-state index contributed by atoms with van der Waals surface area (Å²) in [6, 6.07) is 15.7. The lowest BCUT2D eigenvalue weighted by Gasteiger charge is -2.09. The third kappa shape index (κ3) is 5.86. The molecule has 1 aromatic heterocycles. The van der Waals surface area contributed by atoms with E-state index in [4.69, 9.17) is 15.2 Å². The van der Waals surface area contributed by atoms with Gasteiger partial charge in [-0.15, -0.1) is 24.0 Å². The van der Waals surface area contributed by atoms with Gasteiger partial charge in [0.1, 0.15) is 0 Å². The van der Waals surface area contributed by atoms with Crippen molar-refractivity contribution in [3.8, 4) is 17.2 Å². The summed E-state index contributed by atoms with van der Waals surface area (Å²) in [7, 11) is 3.22. The van der Waals surface area contributed by atoms with Crippen LogP contribution in [0.3, 0.4) is 0 Å². The van der Waals surface area contributed by atoms with E-state index in [1.54, 1.807) is 14.2 Å². The number of halogens is 1. The second kappa shape index (κ2) is 10.7. The maximum Gasteiger partial charge on any atom is 0.189 e. The molecule has 0 unspecified atom stereocenters. The number of rotatable bonds is 7. The fourth-order valence-electron chi connectivity index (χ4n) is 2.78. The average Bonchev–Trinajstić information content (AvgIpc) is 3.11. The van der Waals surface area contributed by atoms with Crippen LogP contribution in [0.5, 0.6) is 11.5 Å². The fraction of sp³-hybridized carbons (Fsp3) is 0.238. The van der Waals surface area contributed by atoms with Gasteiger partial charge in [0.2, 0.25) is 0 Å². The van der Waals surface area contributed by atoms with Crippen molar-refractivity contribution in [2.75, 3.05) is 14.2 Å². The number of nitrogens with two attached hydrogens (primary N) is 1. The summed E-state index contributed by atoms with van der Waals surface area (Å²) in [6.07, 6.45) is 2.00. The van der Waals surface area contributed by atoms with Crippen molar-refractivity contribution >= 4 is 29.9 Å². The van der Waals surface area contributed by atoms with E-state index in [9.17, 15) is 0 Å². The molecule has 8 heteroatoms. The number of nitrogens with zero attached hydrogens (tertiary/aromatic N) is 3. The van der Waals surface area contributed by atoms with Gasteiger partial charge < -0.3 is 20.5 Å². The topological polar surface area (TPSA) is 86.7 Å². The molecule has 7 nitrogen and oxygen atoms in total. The minimum absolute atomic E-state index is 0. The molecule has 0 saturated heterocycles. The predicted molar refractivity (Wildman–Crippen MR) is 125 cm³/mol. The first-order valence-electron chi connectivity index (χ1n) is 8.96. The van der Waals surface area contributed by atoms with Crippen molar-refractivity contribution in [2.24, 2.45) is 10.7 Å². The van der Waals surface area contributed by atoms with Crippen LogP contribution < -0.4 is 20.5 Å². The van der Waals surface area contributed by atoms with Gasteiger partial charge >= 0.3 is 0 Å².